The number of benzene rings is 1. The Bertz CT molecular complexity index is 744. The smallest absolute Gasteiger partial charge is 0.264 e. The van der Waals surface area contributed by atoms with Crippen LogP contribution in [0.4, 0.5) is 0 Å². The molecule has 0 bridgehead atoms. The first-order chi connectivity index (χ1) is 10.3. The van der Waals surface area contributed by atoms with Crippen LogP contribution in [0.1, 0.15) is 27.6 Å². The molecule has 1 aromatic rings. The summed E-state index contributed by atoms with van der Waals surface area (Å²) in [4.78, 5) is 22.8. The average molecular weight is 320 g/mol. The number of hydrogen-bond acceptors (Lipinski definition) is 4. The Balaban J connectivity index is 2.97. The van der Waals surface area contributed by atoms with Gasteiger partial charge < -0.3 is 5.73 Å². The van der Waals surface area contributed by atoms with Gasteiger partial charge in [-0.3, -0.25) is 9.59 Å². The molecule has 2 amide bonds. The standard InChI is InChI=1S/C15H16N2O4S/c1-3-5-6-13(4-2)22(20,21)17-15(19)12-9-7-11(8-10-12)14(16)18/h3-10H,1H2,2H3,(H2,16,18)(H,17,19)/b6-5-,13-4+. The lowest BCUT2D eigenvalue weighted by Crippen LogP contribution is -2.31. The van der Waals surface area contributed by atoms with Gasteiger partial charge in [0.15, 0.2) is 0 Å². The summed E-state index contributed by atoms with van der Waals surface area (Å²) >= 11 is 0. The third-order valence-corrected chi connectivity index (χ3v) is 4.10. The Morgan fingerprint density at radius 2 is 1.73 bits per heavy atom. The highest BCUT2D eigenvalue weighted by Gasteiger charge is 2.19. The minimum Gasteiger partial charge on any atom is -0.366 e. The Morgan fingerprint density at radius 1 is 1.18 bits per heavy atom. The van der Waals surface area contributed by atoms with Crippen molar-refractivity contribution >= 4 is 21.8 Å². The van der Waals surface area contributed by atoms with E-state index in [4.69, 9.17) is 5.73 Å². The molecule has 0 saturated carbocycles. The molecule has 0 spiro atoms. The summed E-state index contributed by atoms with van der Waals surface area (Å²) < 4.78 is 26.1. The molecule has 1 rings (SSSR count). The van der Waals surface area contributed by atoms with Gasteiger partial charge in [0.25, 0.3) is 15.9 Å². The predicted octanol–water partition coefficient (Wildman–Crippen LogP) is 1.49. The molecule has 0 fully saturated rings. The molecule has 0 aliphatic heterocycles. The average Bonchev–Trinajstić information content (AvgIpc) is 2.47. The van der Waals surface area contributed by atoms with Crippen LogP contribution in [0.15, 0.2) is 60.1 Å². The van der Waals surface area contributed by atoms with Gasteiger partial charge in [-0.1, -0.05) is 24.8 Å². The molecule has 3 N–H and O–H groups in total. The van der Waals surface area contributed by atoms with Gasteiger partial charge in [-0.05, 0) is 37.3 Å². The van der Waals surface area contributed by atoms with Gasteiger partial charge >= 0.3 is 0 Å². The zero-order valence-corrected chi connectivity index (χ0v) is 12.8. The molecule has 6 nitrogen and oxygen atoms in total. The van der Waals surface area contributed by atoms with Crippen LogP contribution in [0.3, 0.4) is 0 Å². The summed E-state index contributed by atoms with van der Waals surface area (Å²) in [7, 11) is -3.98. The summed E-state index contributed by atoms with van der Waals surface area (Å²) in [5.41, 5.74) is 5.41. The minimum atomic E-state index is -3.98. The van der Waals surface area contributed by atoms with Crippen LogP contribution in [0.25, 0.3) is 0 Å². The number of nitrogens with two attached hydrogens (primary N) is 1. The predicted molar refractivity (Wildman–Crippen MR) is 84.4 cm³/mol. The van der Waals surface area contributed by atoms with E-state index in [0.29, 0.717) is 0 Å². The lowest BCUT2D eigenvalue weighted by Gasteiger charge is -2.07. The fraction of sp³-hybridized carbons (Fsp3) is 0.0667. The third kappa shape index (κ3) is 4.42. The van der Waals surface area contributed by atoms with Crippen molar-refractivity contribution in [3.8, 4) is 0 Å². The fourth-order valence-electron chi connectivity index (χ4n) is 1.53. The van der Waals surface area contributed by atoms with Crippen molar-refractivity contribution in [2.45, 2.75) is 6.92 Å². The Kier molecular flexibility index (Phi) is 5.82. The van der Waals surface area contributed by atoms with Crippen LogP contribution in [-0.2, 0) is 10.0 Å². The molecular formula is C15H16N2O4S. The van der Waals surface area contributed by atoms with Crippen LogP contribution in [0.2, 0.25) is 0 Å². The van der Waals surface area contributed by atoms with E-state index in [1.165, 1.54) is 55.5 Å². The van der Waals surface area contributed by atoms with Gasteiger partial charge in [0.1, 0.15) is 0 Å². The summed E-state index contributed by atoms with van der Waals surface area (Å²) in [6, 6.07) is 5.33. The van der Waals surface area contributed by atoms with Crippen LogP contribution in [-0.4, -0.2) is 20.2 Å². The fourth-order valence-corrected chi connectivity index (χ4v) is 2.58. The van der Waals surface area contributed by atoms with Crippen molar-refractivity contribution in [3.05, 3.63) is 71.2 Å². The first-order valence-corrected chi connectivity index (χ1v) is 7.72. The maximum absolute atomic E-state index is 12.1. The third-order valence-electron chi connectivity index (χ3n) is 2.65. The Labute approximate surface area is 129 Å². The lowest BCUT2D eigenvalue weighted by atomic mass is 10.1. The van der Waals surface area contributed by atoms with Gasteiger partial charge in [-0.25, -0.2) is 13.1 Å². The van der Waals surface area contributed by atoms with Crippen molar-refractivity contribution in [1.29, 1.82) is 0 Å². The van der Waals surface area contributed by atoms with Gasteiger partial charge in [-0.2, -0.15) is 0 Å². The molecule has 7 heteroatoms. The van der Waals surface area contributed by atoms with Crippen LogP contribution >= 0.6 is 0 Å². The SMILES string of the molecule is C=C/C=C\C(=C/C)S(=O)(=O)NC(=O)c1ccc(C(N)=O)cc1. The minimum absolute atomic E-state index is 0.0606. The van der Waals surface area contributed by atoms with E-state index in [2.05, 4.69) is 6.58 Å². The second kappa shape index (κ2) is 7.37. The maximum atomic E-state index is 12.1. The number of nitrogens with one attached hydrogen (secondary N) is 1. The summed E-state index contributed by atoms with van der Waals surface area (Å²) in [5.74, 6) is -1.44. The molecule has 116 valence electrons. The van der Waals surface area contributed by atoms with Crippen molar-refractivity contribution < 1.29 is 18.0 Å². The zero-order chi connectivity index (χ0) is 16.8. The molecule has 0 aliphatic carbocycles. The number of hydrogen-bond donors (Lipinski definition) is 2. The van der Waals surface area contributed by atoms with E-state index >= 15 is 0 Å². The quantitative estimate of drug-likeness (QED) is 0.774. The maximum Gasteiger partial charge on any atom is 0.264 e. The van der Waals surface area contributed by atoms with Gasteiger partial charge in [0.2, 0.25) is 5.91 Å². The molecular weight excluding hydrogens is 304 g/mol. The molecule has 22 heavy (non-hydrogen) atoms. The topological polar surface area (TPSA) is 106 Å². The van der Waals surface area contributed by atoms with E-state index in [1.54, 1.807) is 0 Å². The molecule has 0 aliphatic rings. The highest BCUT2D eigenvalue weighted by Crippen LogP contribution is 2.09. The highest BCUT2D eigenvalue weighted by molar-refractivity contribution is 7.94. The number of primary amides is 1. The molecule has 1 aromatic carbocycles. The number of rotatable bonds is 6. The van der Waals surface area contributed by atoms with E-state index in [1.807, 2.05) is 4.72 Å². The van der Waals surface area contributed by atoms with Crippen molar-refractivity contribution in [2.24, 2.45) is 5.73 Å². The van der Waals surface area contributed by atoms with Crippen LogP contribution in [0.5, 0.6) is 0 Å². The van der Waals surface area contributed by atoms with Crippen molar-refractivity contribution in [1.82, 2.24) is 4.72 Å². The van der Waals surface area contributed by atoms with E-state index < -0.39 is 21.8 Å². The van der Waals surface area contributed by atoms with E-state index in [-0.39, 0.29) is 16.0 Å². The molecule has 0 aromatic heterocycles. The molecule has 0 radical (unpaired) electrons. The Hall–Kier alpha value is -2.67. The second-order valence-corrected chi connectivity index (χ2v) is 5.84. The molecule has 0 saturated heterocycles. The van der Waals surface area contributed by atoms with Crippen molar-refractivity contribution in [2.75, 3.05) is 0 Å². The van der Waals surface area contributed by atoms with Crippen molar-refractivity contribution in [3.63, 3.8) is 0 Å². The highest BCUT2D eigenvalue weighted by atomic mass is 32.2. The zero-order valence-electron chi connectivity index (χ0n) is 11.9. The van der Waals surface area contributed by atoms with Gasteiger partial charge in [0, 0.05) is 11.1 Å². The van der Waals surface area contributed by atoms with Gasteiger partial charge in [-0.15, -0.1) is 0 Å². The summed E-state index contributed by atoms with van der Waals surface area (Å²) in [6.45, 7) is 4.98. The molecule has 0 unspecified atom stereocenters. The monoisotopic (exact) mass is 320 g/mol. The Morgan fingerprint density at radius 3 is 2.18 bits per heavy atom. The normalized spacial score (nSPS) is 12.1. The van der Waals surface area contributed by atoms with E-state index in [9.17, 15) is 18.0 Å². The van der Waals surface area contributed by atoms with Crippen LogP contribution < -0.4 is 10.5 Å². The molecule has 0 heterocycles. The second-order valence-electron chi connectivity index (χ2n) is 4.16. The molecule has 0 atom stereocenters. The van der Waals surface area contributed by atoms with Gasteiger partial charge in [0.05, 0.1) is 4.91 Å². The number of sulfonamides is 1. The summed E-state index contributed by atoms with van der Waals surface area (Å²) in [5, 5.41) is 0. The number of carbonyl (C=O) groups excluding carboxylic acids is 2. The summed E-state index contributed by atoms with van der Waals surface area (Å²) in [6.07, 6.45) is 5.54. The lowest BCUT2D eigenvalue weighted by molar-refractivity contribution is 0.0975. The van der Waals surface area contributed by atoms with E-state index in [0.717, 1.165) is 0 Å². The first kappa shape index (κ1) is 17.4. The largest absolute Gasteiger partial charge is 0.366 e. The number of carbonyl (C=O) groups is 2. The number of amides is 2. The first-order valence-electron chi connectivity index (χ1n) is 6.24. The van der Waals surface area contributed by atoms with Crippen LogP contribution in [0, 0.1) is 0 Å². The number of allylic oxidation sites excluding steroid dienone is 4.